The molecule has 7 heteroatoms. The zero-order valence-electron chi connectivity index (χ0n) is 16.5. The van der Waals surface area contributed by atoms with Gasteiger partial charge < -0.3 is 19.1 Å². The minimum Gasteiger partial charge on any atom is -0.529 e. The average Bonchev–Trinajstić information content (AvgIpc) is 3.47. The van der Waals surface area contributed by atoms with Gasteiger partial charge in [-0.15, -0.1) is 0 Å². The molecule has 2 fully saturated rings. The Hall–Kier alpha value is -2.96. The molecule has 6 nitrogen and oxygen atoms in total. The highest BCUT2D eigenvalue weighted by molar-refractivity contribution is 6.20. The average molecular weight is 392 g/mol. The van der Waals surface area contributed by atoms with E-state index in [2.05, 4.69) is 0 Å². The van der Waals surface area contributed by atoms with Crippen LogP contribution in [0, 0.1) is 0 Å². The molecule has 0 aliphatic carbocycles. The zero-order chi connectivity index (χ0) is 20.1. The number of hydrogen-bond donors (Lipinski definition) is 0. The molecule has 2 aliphatic heterocycles. The molecule has 4 rings (SSSR count). The third-order valence-electron chi connectivity index (χ3n) is 5.40. The SMILES string of the molecule is O=C(c1cccc(OBOc2cccc(C(=O)N3CCCC3)c2)c1)N1CCCC1. The van der Waals surface area contributed by atoms with Gasteiger partial charge in [0.1, 0.15) is 11.5 Å². The molecule has 0 atom stereocenters. The first-order valence-electron chi connectivity index (χ1n) is 10.2. The highest BCUT2D eigenvalue weighted by atomic mass is 16.6. The lowest BCUT2D eigenvalue weighted by Crippen LogP contribution is -2.27. The van der Waals surface area contributed by atoms with Gasteiger partial charge in [0.05, 0.1) is 0 Å². The summed E-state index contributed by atoms with van der Waals surface area (Å²) in [5.41, 5.74) is 1.25. The summed E-state index contributed by atoms with van der Waals surface area (Å²) in [5.74, 6) is 1.25. The van der Waals surface area contributed by atoms with Crippen molar-refractivity contribution in [1.29, 1.82) is 0 Å². The van der Waals surface area contributed by atoms with Gasteiger partial charge in [-0.2, -0.15) is 0 Å². The summed E-state index contributed by atoms with van der Waals surface area (Å²) in [5, 5.41) is 0. The summed E-state index contributed by atoms with van der Waals surface area (Å²) < 4.78 is 11.4. The first-order chi connectivity index (χ1) is 14.2. The van der Waals surface area contributed by atoms with Gasteiger partial charge in [0.2, 0.25) is 0 Å². The van der Waals surface area contributed by atoms with E-state index in [1.54, 1.807) is 24.3 Å². The van der Waals surface area contributed by atoms with Crippen molar-refractivity contribution >= 4 is 19.5 Å². The molecule has 0 radical (unpaired) electrons. The Balaban J connectivity index is 1.33. The van der Waals surface area contributed by atoms with E-state index in [-0.39, 0.29) is 19.5 Å². The molecule has 0 saturated carbocycles. The second-order valence-electron chi connectivity index (χ2n) is 7.46. The van der Waals surface area contributed by atoms with Crippen molar-refractivity contribution in [2.75, 3.05) is 26.2 Å². The van der Waals surface area contributed by atoms with Gasteiger partial charge in [-0.05, 0) is 62.1 Å². The predicted octanol–water partition coefficient (Wildman–Crippen LogP) is 2.88. The largest absolute Gasteiger partial charge is 0.576 e. The number of rotatable bonds is 6. The first kappa shape index (κ1) is 19.4. The quantitative estimate of drug-likeness (QED) is 0.710. The van der Waals surface area contributed by atoms with Crippen LogP contribution in [0.1, 0.15) is 46.4 Å². The molecule has 2 heterocycles. The molecule has 2 aromatic rings. The molecular weight excluding hydrogens is 367 g/mol. The normalized spacial score (nSPS) is 16.0. The van der Waals surface area contributed by atoms with Gasteiger partial charge in [0.15, 0.2) is 0 Å². The molecular formula is C22H25BN2O4. The molecule has 0 aromatic heterocycles. The van der Waals surface area contributed by atoms with Gasteiger partial charge in [-0.25, -0.2) is 0 Å². The number of hydrogen-bond acceptors (Lipinski definition) is 4. The number of carbonyl (C=O) groups excluding carboxylic acids is 2. The first-order valence-corrected chi connectivity index (χ1v) is 10.2. The second-order valence-corrected chi connectivity index (χ2v) is 7.46. The summed E-state index contributed by atoms with van der Waals surface area (Å²) >= 11 is 0. The van der Waals surface area contributed by atoms with Crippen LogP contribution in [-0.4, -0.2) is 55.5 Å². The fraction of sp³-hybridized carbons (Fsp3) is 0.364. The topological polar surface area (TPSA) is 59.1 Å². The van der Waals surface area contributed by atoms with Crippen LogP contribution in [-0.2, 0) is 0 Å². The Kier molecular flexibility index (Phi) is 6.03. The van der Waals surface area contributed by atoms with Gasteiger partial charge >= 0.3 is 7.69 Å². The Labute approximate surface area is 171 Å². The third-order valence-corrected chi connectivity index (χ3v) is 5.40. The molecule has 29 heavy (non-hydrogen) atoms. The third kappa shape index (κ3) is 4.73. The van der Waals surface area contributed by atoms with Crippen molar-refractivity contribution in [2.45, 2.75) is 25.7 Å². The fourth-order valence-corrected chi connectivity index (χ4v) is 3.81. The van der Waals surface area contributed by atoms with Crippen LogP contribution in [0.25, 0.3) is 0 Å². The van der Waals surface area contributed by atoms with Crippen LogP contribution in [0.5, 0.6) is 11.5 Å². The van der Waals surface area contributed by atoms with Gasteiger partial charge in [-0.3, -0.25) is 9.59 Å². The highest BCUT2D eigenvalue weighted by Crippen LogP contribution is 2.20. The van der Waals surface area contributed by atoms with Crippen molar-refractivity contribution in [2.24, 2.45) is 0 Å². The van der Waals surface area contributed by atoms with E-state index in [0.717, 1.165) is 51.9 Å². The van der Waals surface area contributed by atoms with Crippen LogP contribution in [0.4, 0.5) is 0 Å². The Bertz CT molecular complexity index is 805. The maximum Gasteiger partial charge on any atom is 0.576 e. The smallest absolute Gasteiger partial charge is 0.529 e. The van der Waals surface area contributed by atoms with Gasteiger partial charge in [0.25, 0.3) is 11.8 Å². The molecule has 0 spiro atoms. The van der Waals surface area contributed by atoms with Crippen LogP contribution >= 0.6 is 0 Å². The lowest BCUT2D eigenvalue weighted by atomic mass is 10.1. The van der Waals surface area contributed by atoms with E-state index in [1.807, 2.05) is 34.1 Å². The lowest BCUT2D eigenvalue weighted by Gasteiger charge is -2.16. The molecule has 2 aromatic carbocycles. The van der Waals surface area contributed by atoms with Crippen molar-refractivity contribution in [1.82, 2.24) is 9.80 Å². The zero-order valence-corrected chi connectivity index (χ0v) is 16.5. The van der Waals surface area contributed by atoms with Crippen LogP contribution in [0.3, 0.4) is 0 Å². The Morgan fingerprint density at radius 3 is 1.52 bits per heavy atom. The van der Waals surface area contributed by atoms with E-state index in [9.17, 15) is 9.59 Å². The number of likely N-dealkylation sites (tertiary alicyclic amines) is 2. The van der Waals surface area contributed by atoms with Crippen LogP contribution < -0.4 is 9.31 Å². The van der Waals surface area contributed by atoms with E-state index < -0.39 is 0 Å². The maximum absolute atomic E-state index is 12.5. The van der Waals surface area contributed by atoms with Gasteiger partial charge in [0, 0.05) is 37.3 Å². The molecule has 2 saturated heterocycles. The molecule has 150 valence electrons. The summed E-state index contributed by atoms with van der Waals surface area (Å²) in [6.45, 7) is 3.28. The minimum absolute atomic E-state index is 0.00269. The fourth-order valence-electron chi connectivity index (χ4n) is 3.81. The van der Waals surface area contributed by atoms with Crippen molar-refractivity contribution in [3.8, 4) is 11.5 Å². The predicted molar refractivity (Wildman–Crippen MR) is 112 cm³/mol. The van der Waals surface area contributed by atoms with Crippen LogP contribution in [0.2, 0.25) is 0 Å². The molecule has 0 unspecified atom stereocenters. The summed E-state index contributed by atoms with van der Waals surface area (Å²) in [6.07, 6.45) is 4.26. The summed E-state index contributed by atoms with van der Waals surface area (Å²) in [7, 11) is 0.00269. The summed E-state index contributed by atoms with van der Waals surface area (Å²) in [6, 6.07) is 14.3. The molecule has 0 N–H and O–H groups in total. The Morgan fingerprint density at radius 2 is 1.10 bits per heavy atom. The highest BCUT2D eigenvalue weighted by Gasteiger charge is 2.21. The van der Waals surface area contributed by atoms with Gasteiger partial charge in [-0.1, -0.05) is 12.1 Å². The molecule has 2 aliphatic rings. The minimum atomic E-state index is 0.00269. The molecule has 2 amide bonds. The van der Waals surface area contributed by atoms with E-state index in [0.29, 0.717) is 22.6 Å². The Morgan fingerprint density at radius 1 is 0.690 bits per heavy atom. The lowest BCUT2D eigenvalue weighted by molar-refractivity contribution is 0.0785. The van der Waals surface area contributed by atoms with E-state index in [1.165, 1.54) is 0 Å². The number of benzene rings is 2. The molecule has 0 bridgehead atoms. The maximum atomic E-state index is 12.5. The number of nitrogens with zero attached hydrogens (tertiary/aromatic N) is 2. The monoisotopic (exact) mass is 392 g/mol. The van der Waals surface area contributed by atoms with Crippen molar-refractivity contribution < 1.29 is 18.9 Å². The van der Waals surface area contributed by atoms with E-state index in [4.69, 9.17) is 9.31 Å². The van der Waals surface area contributed by atoms with Crippen LogP contribution in [0.15, 0.2) is 48.5 Å². The van der Waals surface area contributed by atoms with E-state index >= 15 is 0 Å². The van der Waals surface area contributed by atoms with Crippen molar-refractivity contribution in [3.63, 3.8) is 0 Å². The second kappa shape index (κ2) is 9.03. The standard InChI is InChI=1S/C22H25BN2O4/c26-21(24-11-1-2-12-24)17-7-5-9-19(15-17)28-23-29-20-10-6-8-18(16-20)22(27)25-13-3-4-14-25/h5-10,15-16,23H,1-4,11-14H2. The van der Waals surface area contributed by atoms with Crippen molar-refractivity contribution in [3.05, 3.63) is 59.7 Å². The number of amides is 2. The number of carbonyl (C=O) groups is 2. The summed E-state index contributed by atoms with van der Waals surface area (Å²) in [4.78, 5) is 28.8.